The van der Waals surface area contributed by atoms with Crippen LogP contribution >= 0.6 is 12.2 Å². The van der Waals surface area contributed by atoms with Crippen molar-refractivity contribution in [3.05, 3.63) is 47.5 Å². The summed E-state index contributed by atoms with van der Waals surface area (Å²) in [5.74, 6) is 0.803. The minimum atomic E-state index is 0.0509. The molecule has 0 aliphatic heterocycles. The number of methoxy groups -OCH3 is 2. The van der Waals surface area contributed by atoms with Gasteiger partial charge < -0.3 is 19.7 Å². The lowest BCUT2D eigenvalue weighted by Gasteiger charge is -2.04. The molecule has 0 atom stereocenters. The Morgan fingerprint density at radius 3 is 1.69 bits per heavy atom. The molecule has 26 heavy (non-hydrogen) atoms. The zero-order valence-corrected chi connectivity index (χ0v) is 14.9. The van der Waals surface area contributed by atoms with Crippen molar-refractivity contribution in [2.24, 2.45) is 10.2 Å². The Bertz CT molecular complexity index is 772. The van der Waals surface area contributed by atoms with Crippen LogP contribution in [0.5, 0.6) is 23.0 Å². The number of hydrazone groups is 2. The SMILES string of the molecule is COc1cc(/C=N/NC(=S)N/N=C/c2ccc(O)c(OC)c2)ccc1O. The first-order valence-electron chi connectivity index (χ1n) is 7.39. The zero-order chi connectivity index (χ0) is 18.9. The minimum Gasteiger partial charge on any atom is -0.504 e. The summed E-state index contributed by atoms with van der Waals surface area (Å²) in [4.78, 5) is 0. The highest BCUT2D eigenvalue weighted by Gasteiger charge is 2.02. The Balaban J connectivity index is 1.87. The maximum Gasteiger partial charge on any atom is 0.207 e. The van der Waals surface area contributed by atoms with Gasteiger partial charge in [-0.05, 0) is 59.7 Å². The molecule has 2 rings (SSSR count). The topological polar surface area (TPSA) is 108 Å². The largest absolute Gasteiger partial charge is 0.504 e. The lowest BCUT2D eigenvalue weighted by atomic mass is 10.2. The number of hydrogen-bond donors (Lipinski definition) is 4. The maximum atomic E-state index is 9.53. The van der Waals surface area contributed by atoms with E-state index >= 15 is 0 Å². The van der Waals surface area contributed by atoms with Crippen molar-refractivity contribution in [2.45, 2.75) is 0 Å². The number of nitrogens with one attached hydrogen (secondary N) is 2. The molecular formula is C17H18N4O4S. The van der Waals surface area contributed by atoms with Crippen molar-refractivity contribution in [3.8, 4) is 23.0 Å². The smallest absolute Gasteiger partial charge is 0.207 e. The van der Waals surface area contributed by atoms with Crippen molar-refractivity contribution < 1.29 is 19.7 Å². The third-order valence-electron chi connectivity index (χ3n) is 3.17. The van der Waals surface area contributed by atoms with Crippen LogP contribution in [0.15, 0.2) is 46.6 Å². The summed E-state index contributed by atoms with van der Waals surface area (Å²) in [5, 5.41) is 27.2. The lowest BCUT2D eigenvalue weighted by molar-refractivity contribution is 0.373. The maximum absolute atomic E-state index is 9.53. The van der Waals surface area contributed by atoms with Gasteiger partial charge in [0.25, 0.3) is 0 Å². The molecular weight excluding hydrogens is 356 g/mol. The fraction of sp³-hybridized carbons (Fsp3) is 0.118. The van der Waals surface area contributed by atoms with E-state index in [1.165, 1.54) is 38.8 Å². The van der Waals surface area contributed by atoms with Crippen molar-refractivity contribution in [1.29, 1.82) is 0 Å². The van der Waals surface area contributed by atoms with E-state index in [1.54, 1.807) is 24.3 Å². The van der Waals surface area contributed by atoms with Gasteiger partial charge in [-0.2, -0.15) is 10.2 Å². The zero-order valence-electron chi connectivity index (χ0n) is 14.1. The summed E-state index contributed by atoms with van der Waals surface area (Å²) in [6, 6.07) is 9.63. The van der Waals surface area contributed by atoms with Crippen LogP contribution in [-0.4, -0.2) is 42.0 Å². The van der Waals surface area contributed by atoms with Gasteiger partial charge in [0.05, 0.1) is 26.6 Å². The Kier molecular flexibility index (Phi) is 6.75. The van der Waals surface area contributed by atoms with Gasteiger partial charge in [-0.15, -0.1) is 0 Å². The molecule has 0 aliphatic rings. The fourth-order valence-corrected chi connectivity index (χ4v) is 2.01. The van der Waals surface area contributed by atoms with E-state index in [4.69, 9.17) is 21.7 Å². The van der Waals surface area contributed by atoms with Gasteiger partial charge in [-0.25, -0.2) is 0 Å². The van der Waals surface area contributed by atoms with E-state index in [0.29, 0.717) is 11.5 Å². The number of aromatic hydroxyl groups is 2. The number of ether oxygens (including phenoxy) is 2. The minimum absolute atomic E-state index is 0.0509. The second-order valence-corrected chi connectivity index (χ2v) is 5.34. The lowest BCUT2D eigenvalue weighted by Crippen LogP contribution is -2.28. The molecule has 0 radical (unpaired) electrons. The summed E-state index contributed by atoms with van der Waals surface area (Å²) in [6.45, 7) is 0. The van der Waals surface area contributed by atoms with Crippen LogP contribution in [0, 0.1) is 0 Å². The van der Waals surface area contributed by atoms with Gasteiger partial charge in [-0.3, -0.25) is 10.9 Å². The first-order chi connectivity index (χ1) is 12.5. The third kappa shape index (κ3) is 5.35. The van der Waals surface area contributed by atoms with Gasteiger partial charge in [0, 0.05) is 0 Å². The average Bonchev–Trinajstić information content (AvgIpc) is 2.64. The number of phenolic OH excluding ortho intramolecular Hbond substituents is 2. The summed E-state index contributed by atoms with van der Waals surface area (Å²) in [7, 11) is 2.93. The molecule has 2 aromatic rings. The predicted octanol–water partition coefficient (Wildman–Crippen LogP) is 1.95. The summed E-state index contributed by atoms with van der Waals surface area (Å²) in [5.41, 5.74) is 6.65. The molecule has 0 bridgehead atoms. The number of rotatable bonds is 6. The molecule has 0 heterocycles. The van der Waals surface area contributed by atoms with Gasteiger partial charge in [-0.1, -0.05) is 0 Å². The third-order valence-corrected chi connectivity index (χ3v) is 3.35. The molecule has 0 saturated heterocycles. The van der Waals surface area contributed by atoms with Crippen LogP contribution in [0.1, 0.15) is 11.1 Å². The monoisotopic (exact) mass is 374 g/mol. The van der Waals surface area contributed by atoms with Crippen LogP contribution in [0.4, 0.5) is 0 Å². The molecule has 0 saturated carbocycles. The first kappa shape index (κ1) is 19.0. The number of benzene rings is 2. The number of phenols is 2. The van der Waals surface area contributed by atoms with Gasteiger partial charge in [0.2, 0.25) is 5.11 Å². The highest BCUT2D eigenvalue weighted by atomic mass is 32.1. The second kappa shape index (κ2) is 9.23. The highest BCUT2D eigenvalue weighted by Crippen LogP contribution is 2.26. The van der Waals surface area contributed by atoms with Crippen molar-refractivity contribution in [2.75, 3.05) is 14.2 Å². The van der Waals surface area contributed by atoms with Crippen molar-refractivity contribution in [1.82, 2.24) is 10.9 Å². The molecule has 8 nitrogen and oxygen atoms in total. The molecule has 0 aliphatic carbocycles. The van der Waals surface area contributed by atoms with E-state index in [9.17, 15) is 10.2 Å². The second-order valence-electron chi connectivity index (χ2n) is 4.93. The summed E-state index contributed by atoms with van der Waals surface area (Å²) >= 11 is 5.04. The predicted molar refractivity (Wildman–Crippen MR) is 103 cm³/mol. The first-order valence-corrected chi connectivity index (χ1v) is 7.80. The van der Waals surface area contributed by atoms with Gasteiger partial charge >= 0.3 is 0 Å². The number of hydrogen-bond acceptors (Lipinski definition) is 7. The quantitative estimate of drug-likeness (QED) is 0.348. The fourth-order valence-electron chi connectivity index (χ4n) is 1.90. The molecule has 2 aromatic carbocycles. The normalized spacial score (nSPS) is 10.8. The van der Waals surface area contributed by atoms with E-state index < -0.39 is 0 Å². The molecule has 0 aromatic heterocycles. The molecule has 4 N–H and O–H groups in total. The van der Waals surface area contributed by atoms with E-state index in [0.717, 1.165) is 11.1 Å². The Morgan fingerprint density at radius 2 is 1.31 bits per heavy atom. The Labute approximate surface area is 155 Å². The standard InChI is InChI=1S/C17H18N4O4S/c1-24-15-7-11(3-5-13(15)22)9-18-20-17(26)21-19-10-12-4-6-14(23)16(8-12)25-2/h3-10,22-23H,1-2H3,(H2,20,21,26)/b18-9+,19-10+. The van der Waals surface area contributed by atoms with Crippen LogP contribution in [0.2, 0.25) is 0 Å². The van der Waals surface area contributed by atoms with Crippen molar-refractivity contribution in [3.63, 3.8) is 0 Å². The van der Waals surface area contributed by atoms with Crippen molar-refractivity contribution >= 4 is 29.8 Å². The van der Waals surface area contributed by atoms with E-state index in [2.05, 4.69) is 21.1 Å². The number of nitrogens with zero attached hydrogens (tertiary/aromatic N) is 2. The molecule has 0 spiro atoms. The van der Waals surface area contributed by atoms with Crippen LogP contribution in [0.25, 0.3) is 0 Å². The van der Waals surface area contributed by atoms with E-state index in [1.807, 2.05) is 0 Å². The molecule has 9 heteroatoms. The molecule has 0 fully saturated rings. The van der Waals surface area contributed by atoms with Crippen LogP contribution in [-0.2, 0) is 0 Å². The van der Waals surface area contributed by atoms with E-state index in [-0.39, 0.29) is 16.6 Å². The molecule has 0 amide bonds. The number of thiocarbonyl (C=S) groups is 1. The van der Waals surface area contributed by atoms with Crippen LogP contribution in [0.3, 0.4) is 0 Å². The van der Waals surface area contributed by atoms with Gasteiger partial charge in [0.15, 0.2) is 23.0 Å². The average molecular weight is 374 g/mol. The summed E-state index contributed by atoms with van der Waals surface area (Å²) < 4.78 is 10.0. The highest BCUT2D eigenvalue weighted by molar-refractivity contribution is 7.80. The summed E-state index contributed by atoms with van der Waals surface area (Å²) in [6.07, 6.45) is 3.04. The van der Waals surface area contributed by atoms with Gasteiger partial charge in [0.1, 0.15) is 0 Å². The Hall–Kier alpha value is -3.33. The molecule has 136 valence electrons. The Morgan fingerprint density at radius 1 is 0.885 bits per heavy atom. The molecule has 0 unspecified atom stereocenters. The van der Waals surface area contributed by atoms with Crippen LogP contribution < -0.4 is 20.3 Å².